The number of halogens is 1. The molecule has 2 aromatic carbocycles. The van der Waals surface area contributed by atoms with Crippen molar-refractivity contribution in [3.63, 3.8) is 0 Å². The van der Waals surface area contributed by atoms with Crippen LogP contribution in [0.5, 0.6) is 0 Å². The van der Waals surface area contributed by atoms with E-state index in [0.29, 0.717) is 0 Å². The molecule has 0 aliphatic carbocycles. The van der Waals surface area contributed by atoms with Gasteiger partial charge in [-0.15, -0.1) is 0 Å². The third-order valence-corrected chi connectivity index (χ3v) is 18.3. The minimum Gasteiger partial charge on any atom is -0.414 e. The predicted octanol–water partition coefficient (Wildman–Crippen LogP) is 8.30. The Morgan fingerprint density at radius 2 is 1.29 bits per heavy atom. The van der Waals surface area contributed by atoms with Crippen LogP contribution in [0.4, 0.5) is 0 Å². The molecular formula is C32H51ClO3Si2. The Kier molecular flexibility index (Phi) is 11.6. The number of rotatable bonds is 13. The molecule has 0 aliphatic rings. The van der Waals surface area contributed by atoms with Gasteiger partial charge in [0.1, 0.15) is 0 Å². The highest BCUT2D eigenvalue weighted by Crippen LogP contribution is 2.40. The van der Waals surface area contributed by atoms with E-state index < -0.39 is 22.6 Å². The van der Waals surface area contributed by atoms with Crippen molar-refractivity contribution in [3.8, 4) is 0 Å². The van der Waals surface area contributed by atoms with Gasteiger partial charge in [0.05, 0.1) is 12.0 Å². The van der Waals surface area contributed by atoms with Crippen molar-refractivity contribution >= 4 is 43.9 Å². The van der Waals surface area contributed by atoms with Crippen LogP contribution in [0.2, 0.25) is 23.2 Å². The van der Waals surface area contributed by atoms with Gasteiger partial charge in [0, 0.05) is 6.10 Å². The SMILES string of the molecule is CC[C@@H](CCC[C@H](O[Si](c1ccccc1)(c1ccccc1)C(C)(C)C)[C@@H](C)C(=O)Cl)O[Si](C)(C)C(C)(C)C. The summed E-state index contributed by atoms with van der Waals surface area (Å²) in [6.45, 7) is 22.4. The Morgan fingerprint density at radius 3 is 1.66 bits per heavy atom. The molecule has 3 atom stereocenters. The number of carbonyl (C=O) groups is 1. The van der Waals surface area contributed by atoms with Crippen LogP contribution < -0.4 is 10.4 Å². The standard InChI is InChI=1S/C32H51ClO3Si2/c1-11-26(35-37(9,10)31(3,4)5)19-18-24-29(25(2)30(33)34)36-38(32(6,7)8,27-20-14-12-15-21-27)28-22-16-13-17-23-28/h12-17,20-23,25-26,29H,11,18-19,24H2,1-10H3/t25-,26+,29+/m1/s1. The van der Waals surface area contributed by atoms with Crippen LogP contribution in [0, 0.1) is 5.92 Å². The van der Waals surface area contributed by atoms with E-state index in [4.69, 9.17) is 20.5 Å². The lowest BCUT2D eigenvalue weighted by Gasteiger charge is -2.46. The highest BCUT2D eigenvalue weighted by atomic mass is 35.5. The fraction of sp³-hybridized carbons (Fsp3) is 0.594. The molecule has 38 heavy (non-hydrogen) atoms. The number of hydrogen-bond acceptors (Lipinski definition) is 3. The Bertz CT molecular complexity index is 957. The maximum Gasteiger partial charge on any atom is 0.261 e. The molecule has 0 fully saturated rings. The van der Waals surface area contributed by atoms with Gasteiger partial charge < -0.3 is 8.85 Å². The fourth-order valence-electron chi connectivity index (χ4n) is 4.96. The van der Waals surface area contributed by atoms with Crippen molar-refractivity contribution in [2.24, 2.45) is 5.92 Å². The molecular weight excluding hydrogens is 524 g/mol. The lowest BCUT2D eigenvalue weighted by molar-refractivity contribution is -0.117. The maximum absolute atomic E-state index is 12.5. The van der Waals surface area contributed by atoms with Crippen LogP contribution in [0.3, 0.4) is 0 Å². The van der Waals surface area contributed by atoms with Gasteiger partial charge in [0.25, 0.3) is 8.32 Å². The summed E-state index contributed by atoms with van der Waals surface area (Å²) in [5.41, 5.74) is 0. The first-order valence-corrected chi connectivity index (χ1v) is 19.4. The molecule has 0 saturated carbocycles. The van der Waals surface area contributed by atoms with Crippen molar-refractivity contribution < 1.29 is 13.6 Å². The summed E-state index contributed by atoms with van der Waals surface area (Å²) < 4.78 is 14.1. The van der Waals surface area contributed by atoms with E-state index in [1.165, 1.54) is 10.4 Å². The molecule has 6 heteroatoms. The normalized spacial score (nSPS) is 15.7. The molecule has 0 aliphatic heterocycles. The zero-order chi connectivity index (χ0) is 28.8. The maximum atomic E-state index is 12.5. The van der Waals surface area contributed by atoms with Gasteiger partial charge in [-0.05, 0) is 70.8 Å². The first-order valence-electron chi connectivity index (χ1n) is 14.2. The second kappa shape index (κ2) is 13.4. The molecule has 0 aromatic heterocycles. The van der Waals surface area contributed by atoms with Gasteiger partial charge in [-0.25, -0.2) is 0 Å². The Morgan fingerprint density at radius 1 is 0.816 bits per heavy atom. The summed E-state index contributed by atoms with van der Waals surface area (Å²) in [6.07, 6.45) is 3.55. The largest absolute Gasteiger partial charge is 0.414 e. The van der Waals surface area contributed by atoms with Gasteiger partial charge in [-0.2, -0.15) is 0 Å². The van der Waals surface area contributed by atoms with Crippen LogP contribution in [-0.2, 0) is 13.6 Å². The summed E-state index contributed by atoms with van der Waals surface area (Å²) in [4.78, 5) is 12.5. The van der Waals surface area contributed by atoms with Crippen LogP contribution >= 0.6 is 11.6 Å². The van der Waals surface area contributed by atoms with E-state index in [1.807, 2.05) is 19.1 Å². The van der Waals surface area contributed by atoms with Gasteiger partial charge in [-0.1, -0.05) is 116 Å². The van der Waals surface area contributed by atoms with Crippen molar-refractivity contribution in [3.05, 3.63) is 60.7 Å². The summed E-state index contributed by atoms with van der Waals surface area (Å²) in [5, 5.41) is 2.10. The van der Waals surface area contributed by atoms with Crippen LogP contribution in [-0.4, -0.2) is 34.1 Å². The van der Waals surface area contributed by atoms with Crippen LogP contribution in [0.1, 0.15) is 81.1 Å². The Hall–Kier alpha value is -1.25. The van der Waals surface area contributed by atoms with Crippen molar-refractivity contribution in [2.45, 2.75) is 116 Å². The molecule has 0 bridgehead atoms. The quantitative estimate of drug-likeness (QED) is 0.178. The third-order valence-electron chi connectivity index (χ3n) is 8.40. The molecule has 2 aromatic rings. The first-order chi connectivity index (χ1) is 17.6. The smallest absolute Gasteiger partial charge is 0.261 e. The third kappa shape index (κ3) is 7.91. The Labute approximate surface area is 239 Å². The minimum absolute atomic E-state index is 0.166. The number of benzene rings is 2. The molecule has 0 heterocycles. The lowest BCUT2D eigenvalue weighted by Crippen LogP contribution is -2.68. The molecule has 2 rings (SSSR count). The first kappa shape index (κ1) is 33.0. The second-order valence-corrected chi connectivity index (χ2v) is 22.6. The number of hydrogen-bond donors (Lipinski definition) is 0. The summed E-state index contributed by atoms with van der Waals surface area (Å²) in [6, 6.07) is 21.2. The van der Waals surface area contributed by atoms with E-state index in [2.05, 4.69) is 110 Å². The average molecular weight is 575 g/mol. The zero-order valence-corrected chi connectivity index (χ0v) is 28.2. The van der Waals surface area contributed by atoms with E-state index in [0.717, 1.165) is 25.7 Å². The zero-order valence-electron chi connectivity index (χ0n) is 25.4. The van der Waals surface area contributed by atoms with E-state index in [9.17, 15) is 4.79 Å². The van der Waals surface area contributed by atoms with E-state index >= 15 is 0 Å². The highest BCUT2D eigenvalue weighted by molar-refractivity contribution is 6.99. The fourth-order valence-corrected chi connectivity index (χ4v) is 11.4. The topological polar surface area (TPSA) is 35.5 Å². The molecule has 0 unspecified atom stereocenters. The second-order valence-electron chi connectivity index (χ2n) is 13.3. The molecule has 0 amide bonds. The molecule has 0 spiro atoms. The van der Waals surface area contributed by atoms with Crippen molar-refractivity contribution in [1.29, 1.82) is 0 Å². The minimum atomic E-state index is -2.80. The van der Waals surface area contributed by atoms with Crippen molar-refractivity contribution in [2.75, 3.05) is 0 Å². The molecule has 0 saturated heterocycles. The van der Waals surface area contributed by atoms with E-state index in [-0.39, 0.29) is 27.5 Å². The monoisotopic (exact) mass is 574 g/mol. The predicted molar refractivity (Wildman–Crippen MR) is 169 cm³/mol. The number of carbonyl (C=O) groups excluding carboxylic acids is 1. The summed E-state index contributed by atoms with van der Waals surface area (Å²) in [7, 11) is -4.66. The van der Waals surface area contributed by atoms with E-state index in [1.54, 1.807) is 0 Å². The molecule has 3 nitrogen and oxygen atoms in total. The summed E-state index contributed by atoms with van der Waals surface area (Å²) >= 11 is 6.14. The lowest BCUT2D eigenvalue weighted by atomic mass is 9.99. The van der Waals surface area contributed by atoms with Gasteiger partial charge in [0.2, 0.25) is 5.24 Å². The van der Waals surface area contributed by atoms with Crippen LogP contribution in [0.25, 0.3) is 0 Å². The van der Waals surface area contributed by atoms with Gasteiger partial charge in [0.15, 0.2) is 8.32 Å². The van der Waals surface area contributed by atoms with Gasteiger partial charge >= 0.3 is 0 Å². The molecule has 0 N–H and O–H groups in total. The molecule has 0 radical (unpaired) electrons. The summed E-state index contributed by atoms with van der Waals surface area (Å²) in [5.74, 6) is -0.403. The average Bonchev–Trinajstić information content (AvgIpc) is 2.84. The van der Waals surface area contributed by atoms with Crippen LogP contribution in [0.15, 0.2) is 60.7 Å². The molecule has 212 valence electrons. The van der Waals surface area contributed by atoms with Crippen molar-refractivity contribution in [1.82, 2.24) is 0 Å². The Balaban J connectivity index is 2.42. The van der Waals surface area contributed by atoms with Gasteiger partial charge in [-0.3, -0.25) is 4.79 Å². The highest BCUT2D eigenvalue weighted by Gasteiger charge is 2.52.